The first-order valence-electron chi connectivity index (χ1n) is 6.35. The highest BCUT2D eigenvalue weighted by Crippen LogP contribution is 2.09. The zero-order valence-electron chi connectivity index (χ0n) is 11.3. The molecule has 3 nitrogen and oxygen atoms in total. The van der Waals surface area contributed by atoms with E-state index in [1.807, 2.05) is 13.8 Å². The van der Waals surface area contributed by atoms with E-state index < -0.39 is 0 Å². The van der Waals surface area contributed by atoms with Crippen LogP contribution in [0.4, 0.5) is 0 Å². The van der Waals surface area contributed by atoms with Crippen LogP contribution >= 0.6 is 0 Å². The van der Waals surface area contributed by atoms with Gasteiger partial charge in [0.05, 0.1) is 12.2 Å². The number of rotatable bonds is 5. The normalized spacial score (nSPS) is 10.8. The average Bonchev–Trinajstić information content (AvgIpc) is 2.66. The van der Waals surface area contributed by atoms with Crippen molar-refractivity contribution in [2.24, 2.45) is 0 Å². The lowest BCUT2D eigenvalue weighted by molar-refractivity contribution is 0.450. The molecule has 0 fully saturated rings. The molecule has 0 aliphatic carbocycles. The quantitative estimate of drug-likeness (QED) is 0.822. The third-order valence-electron chi connectivity index (χ3n) is 3.18. The second kappa shape index (κ2) is 5.83. The van der Waals surface area contributed by atoms with E-state index in [9.17, 15) is 0 Å². The van der Waals surface area contributed by atoms with Gasteiger partial charge >= 0.3 is 0 Å². The molecule has 3 heteroatoms. The molecular formula is C15H20N2O. The van der Waals surface area contributed by atoms with Gasteiger partial charge < -0.3 is 9.73 Å². The van der Waals surface area contributed by atoms with Crippen LogP contribution in [0, 0.1) is 20.8 Å². The molecule has 2 aromatic rings. The third-order valence-corrected chi connectivity index (χ3v) is 3.18. The van der Waals surface area contributed by atoms with Crippen molar-refractivity contribution in [1.82, 2.24) is 10.3 Å². The molecule has 18 heavy (non-hydrogen) atoms. The van der Waals surface area contributed by atoms with Gasteiger partial charge in [-0.15, -0.1) is 0 Å². The summed E-state index contributed by atoms with van der Waals surface area (Å²) in [6.45, 7) is 7.69. The topological polar surface area (TPSA) is 38.1 Å². The molecule has 0 atom stereocenters. The van der Waals surface area contributed by atoms with Crippen molar-refractivity contribution in [2.45, 2.75) is 33.7 Å². The molecule has 1 heterocycles. The molecule has 1 aromatic carbocycles. The van der Waals surface area contributed by atoms with E-state index in [4.69, 9.17) is 4.42 Å². The summed E-state index contributed by atoms with van der Waals surface area (Å²) in [6.07, 6.45) is 1.03. The molecular weight excluding hydrogens is 224 g/mol. The monoisotopic (exact) mass is 244 g/mol. The Balaban J connectivity index is 1.78. The first-order valence-corrected chi connectivity index (χ1v) is 6.35. The Morgan fingerprint density at radius 1 is 1.17 bits per heavy atom. The van der Waals surface area contributed by atoms with Gasteiger partial charge in [-0.25, -0.2) is 4.98 Å². The van der Waals surface area contributed by atoms with E-state index in [1.54, 1.807) is 0 Å². The van der Waals surface area contributed by atoms with E-state index in [2.05, 4.69) is 41.5 Å². The molecule has 1 N–H and O–H groups in total. The SMILES string of the molecule is Cc1ccccc1CCNCc1nc(C)c(C)o1. The van der Waals surface area contributed by atoms with Crippen LogP contribution in [-0.2, 0) is 13.0 Å². The van der Waals surface area contributed by atoms with Crippen molar-refractivity contribution in [3.63, 3.8) is 0 Å². The minimum absolute atomic E-state index is 0.695. The molecule has 0 radical (unpaired) electrons. The largest absolute Gasteiger partial charge is 0.444 e. The summed E-state index contributed by atoms with van der Waals surface area (Å²) < 4.78 is 5.52. The predicted octanol–water partition coefficient (Wildman–Crippen LogP) is 2.93. The molecule has 0 amide bonds. The van der Waals surface area contributed by atoms with Gasteiger partial charge in [-0.05, 0) is 44.9 Å². The Labute approximate surface area is 108 Å². The first-order chi connectivity index (χ1) is 8.66. The number of hydrogen-bond donors (Lipinski definition) is 1. The summed E-state index contributed by atoms with van der Waals surface area (Å²) >= 11 is 0. The molecule has 0 aliphatic rings. The zero-order chi connectivity index (χ0) is 13.0. The highest BCUT2D eigenvalue weighted by molar-refractivity contribution is 5.25. The van der Waals surface area contributed by atoms with Crippen molar-refractivity contribution in [3.8, 4) is 0 Å². The summed E-state index contributed by atoms with van der Waals surface area (Å²) in [4.78, 5) is 4.34. The maximum absolute atomic E-state index is 5.52. The molecule has 2 rings (SSSR count). The van der Waals surface area contributed by atoms with Crippen LogP contribution in [0.25, 0.3) is 0 Å². The summed E-state index contributed by atoms with van der Waals surface area (Å²) in [5, 5.41) is 3.36. The van der Waals surface area contributed by atoms with Crippen LogP contribution in [0.2, 0.25) is 0 Å². The van der Waals surface area contributed by atoms with Gasteiger partial charge in [0.25, 0.3) is 0 Å². The number of nitrogens with one attached hydrogen (secondary N) is 1. The average molecular weight is 244 g/mol. The van der Waals surface area contributed by atoms with Crippen LogP contribution < -0.4 is 5.32 Å². The van der Waals surface area contributed by atoms with E-state index in [0.717, 1.165) is 30.3 Å². The van der Waals surface area contributed by atoms with Crippen molar-refractivity contribution in [1.29, 1.82) is 0 Å². The van der Waals surface area contributed by atoms with Gasteiger partial charge in [0.2, 0.25) is 5.89 Å². The Hall–Kier alpha value is -1.61. The van der Waals surface area contributed by atoms with Crippen molar-refractivity contribution >= 4 is 0 Å². The highest BCUT2D eigenvalue weighted by atomic mass is 16.4. The summed E-state index contributed by atoms with van der Waals surface area (Å²) in [7, 11) is 0. The van der Waals surface area contributed by atoms with Crippen LogP contribution in [0.5, 0.6) is 0 Å². The van der Waals surface area contributed by atoms with E-state index in [1.165, 1.54) is 11.1 Å². The summed E-state index contributed by atoms with van der Waals surface area (Å²) in [5.41, 5.74) is 3.72. The fraction of sp³-hybridized carbons (Fsp3) is 0.400. The van der Waals surface area contributed by atoms with Gasteiger partial charge in [0.1, 0.15) is 5.76 Å². The number of hydrogen-bond acceptors (Lipinski definition) is 3. The standard InChI is InChI=1S/C15H20N2O/c1-11-6-4-5-7-14(11)8-9-16-10-15-17-12(2)13(3)18-15/h4-7,16H,8-10H2,1-3H3. The van der Waals surface area contributed by atoms with Crippen molar-refractivity contribution in [2.75, 3.05) is 6.54 Å². The van der Waals surface area contributed by atoms with Crippen LogP contribution in [-0.4, -0.2) is 11.5 Å². The Kier molecular flexibility index (Phi) is 4.15. The second-order valence-corrected chi connectivity index (χ2v) is 4.60. The molecule has 0 spiro atoms. The fourth-order valence-electron chi connectivity index (χ4n) is 1.92. The lowest BCUT2D eigenvalue weighted by Gasteiger charge is -2.05. The fourth-order valence-corrected chi connectivity index (χ4v) is 1.92. The predicted molar refractivity (Wildman–Crippen MR) is 72.6 cm³/mol. The van der Waals surface area contributed by atoms with E-state index in [-0.39, 0.29) is 0 Å². The van der Waals surface area contributed by atoms with Gasteiger partial charge in [-0.2, -0.15) is 0 Å². The van der Waals surface area contributed by atoms with Gasteiger partial charge in [-0.1, -0.05) is 24.3 Å². The second-order valence-electron chi connectivity index (χ2n) is 4.60. The maximum Gasteiger partial charge on any atom is 0.208 e. The molecule has 0 saturated heterocycles. The van der Waals surface area contributed by atoms with Gasteiger partial charge in [0.15, 0.2) is 0 Å². The molecule has 1 aromatic heterocycles. The van der Waals surface area contributed by atoms with Crippen molar-refractivity contribution in [3.05, 3.63) is 52.7 Å². The Morgan fingerprint density at radius 3 is 2.61 bits per heavy atom. The molecule has 0 unspecified atom stereocenters. The Bertz CT molecular complexity index is 497. The van der Waals surface area contributed by atoms with E-state index >= 15 is 0 Å². The third kappa shape index (κ3) is 3.20. The summed E-state index contributed by atoms with van der Waals surface area (Å²) in [5.74, 6) is 1.68. The number of aromatic nitrogens is 1. The number of nitrogens with zero attached hydrogens (tertiary/aromatic N) is 1. The Morgan fingerprint density at radius 2 is 1.94 bits per heavy atom. The lowest BCUT2D eigenvalue weighted by atomic mass is 10.1. The van der Waals surface area contributed by atoms with Gasteiger partial charge in [0, 0.05) is 0 Å². The lowest BCUT2D eigenvalue weighted by Crippen LogP contribution is -2.17. The smallest absolute Gasteiger partial charge is 0.208 e. The molecule has 0 bridgehead atoms. The zero-order valence-corrected chi connectivity index (χ0v) is 11.3. The van der Waals surface area contributed by atoms with E-state index in [0.29, 0.717) is 6.54 Å². The van der Waals surface area contributed by atoms with Crippen LogP contribution in [0.15, 0.2) is 28.7 Å². The van der Waals surface area contributed by atoms with Crippen LogP contribution in [0.3, 0.4) is 0 Å². The highest BCUT2D eigenvalue weighted by Gasteiger charge is 2.04. The summed E-state index contributed by atoms with van der Waals surface area (Å²) in [6, 6.07) is 8.49. The van der Waals surface area contributed by atoms with Crippen molar-refractivity contribution < 1.29 is 4.42 Å². The number of oxazole rings is 1. The number of aryl methyl sites for hydroxylation is 3. The minimum atomic E-state index is 0.695. The minimum Gasteiger partial charge on any atom is -0.444 e. The molecule has 0 saturated carbocycles. The number of benzene rings is 1. The van der Waals surface area contributed by atoms with Gasteiger partial charge in [-0.3, -0.25) is 0 Å². The maximum atomic E-state index is 5.52. The first kappa shape index (κ1) is 12.8. The molecule has 0 aliphatic heterocycles. The van der Waals surface area contributed by atoms with Crippen LogP contribution in [0.1, 0.15) is 28.5 Å². The molecule has 96 valence electrons.